The molecule has 98 valence electrons. The molecule has 2 rings (SSSR count). The van der Waals surface area contributed by atoms with Crippen molar-refractivity contribution >= 4 is 22.9 Å². The van der Waals surface area contributed by atoms with Crippen molar-refractivity contribution in [2.75, 3.05) is 0 Å². The van der Waals surface area contributed by atoms with Gasteiger partial charge in [0.15, 0.2) is 0 Å². The van der Waals surface area contributed by atoms with Gasteiger partial charge in [-0.1, -0.05) is 0 Å². The fourth-order valence-corrected chi connectivity index (χ4v) is 2.19. The number of hydrogen-bond donors (Lipinski definition) is 1. The van der Waals surface area contributed by atoms with E-state index in [1.165, 1.54) is 11.3 Å². The van der Waals surface area contributed by atoms with Crippen LogP contribution in [0.3, 0.4) is 0 Å². The number of halogens is 1. The third-order valence-electron chi connectivity index (χ3n) is 2.43. The molecule has 0 aliphatic heterocycles. The van der Waals surface area contributed by atoms with Crippen LogP contribution in [-0.2, 0) is 6.54 Å². The molecule has 2 aromatic rings. The Morgan fingerprint density at radius 3 is 2.84 bits per heavy atom. The molecule has 0 aliphatic carbocycles. The minimum atomic E-state index is -0.709. The number of carbonyl (C=O) groups is 1. The van der Waals surface area contributed by atoms with Gasteiger partial charge in [-0.25, -0.2) is 4.39 Å². The number of benzene rings is 1. The lowest BCUT2D eigenvalue weighted by Crippen LogP contribution is -2.23. The van der Waals surface area contributed by atoms with Crippen LogP contribution in [-0.4, -0.2) is 10.8 Å². The number of hydrogen-bond acceptors (Lipinski definition) is 4. The van der Waals surface area contributed by atoms with Crippen molar-refractivity contribution in [1.29, 1.82) is 0 Å². The fourth-order valence-electron chi connectivity index (χ4n) is 1.52. The maximum Gasteiger partial charge on any atom is 0.282 e. The number of amides is 1. The van der Waals surface area contributed by atoms with Gasteiger partial charge in [-0.2, -0.15) is 11.3 Å². The Labute approximate surface area is 111 Å². The van der Waals surface area contributed by atoms with Gasteiger partial charge in [-0.15, -0.1) is 0 Å². The average molecular weight is 280 g/mol. The quantitative estimate of drug-likeness (QED) is 0.691. The predicted octanol–water partition coefficient (Wildman–Crippen LogP) is 2.73. The van der Waals surface area contributed by atoms with Gasteiger partial charge in [0.2, 0.25) is 0 Å². The van der Waals surface area contributed by atoms with Crippen LogP contribution >= 0.6 is 11.3 Å². The highest BCUT2D eigenvalue weighted by atomic mass is 32.1. The summed E-state index contributed by atoms with van der Waals surface area (Å²) in [4.78, 5) is 21.9. The van der Waals surface area contributed by atoms with Crippen molar-refractivity contribution < 1.29 is 14.1 Å². The molecule has 1 aromatic heterocycles. The van der Waals surface area contributed by atoms with E-state index in [1.54, 1.807) is 0 Å². The fraction of sp³-hybridized carbons (Fsp3) is 0.0833. The molecular weight excluding hydrogens is 271 g/mol. The van der Waals surface area contributed by atoms with Gasteiger partial charge >= 0.3 is 0 Å². The standard InChI is InChI=1S/C12H9FN2O3S/c13-9-1-2-11(15(17)18)10(5-9)12(16)14-6-8-3-4-19-7-8/h1-5,7H,6H2,(H,14,16). The second-order valence-corrected chi connectivity index (χ2v) is 4.51. The van der Waals surface area contributed by atoms with Crippen molar-refractivity contribution in [2.24, 2.45) is 0 Å². The van der Waals surface area contributed by atoms with E-state index in [2.05, 4.69) is 5.32 Å². The second-order valence-electron chi connectivity index (χ2n) is 3.73. The Bertz CT molecular complexity index is 613. The molecule has 0 unspecified atom stereocenters. The first kappa shape index (κ1) is 13.2. The molecule has 7 heteroatoms. The van der Waals surface area contributed by atoms with Crippen molar-refractivity contribution in [2.45, 2.75) is 6.54 Å². The molecule has 0 atom stereocenters. The van der Waals surface area contributed by atoms with Gasteiger partial charge < -0.3 is 5.32 Å². The van der Waals surface area contributed by atoms with Crippen LogP contribution in [0.4, 0.5) is 10.1 Å². The van der Waals surface area contributed by atoms with Crippen LogP contribution in [0.2, 0.25) is 0 Å². The maximum absolute atomic E-state index is 13.1. The highest BCUT2D eigenvalue weighted by molar-refractivity contribution is 7.07. The van der Waals surface area contributed by atoms with Crippen LogP contribution in [0.25, 0.3) is 0 Å². The number of nitro groups is 1. The molecule has 5 nitrogen and oxygen atoms in total. The predicted molar refractivity (Wildman–Crippen MR) is 68.5 cm³/mol. The van der Waals surface area contributed by atoms with Crippen LogP contribution in [0.1, 0.15) is 15.9 Å². The van der Waals surface area contributed by atoms with Crippen LogP contribution in [0.15, 0.2) is 35.0 Å². The van der Waals surface area contributed by atoms with E-state index in [9.17, 15) is 19.3 Å². The Kier molecular flexibility index (Phi) is 3.86. The molecule has 0 saturated carbocycles. The van der Waals surface area contributed by atoms with Gasteiger partial charge in [-0.05, 0) is 34.5 Å². The van der Waals surface area contributed by atoms with Gasteiger partial charge in [0.25, 0.3) is 11.6 Å². The Hall–Kier alpha value is -2.28. The van der Waals surface area contributed by atoms with Crippen molar-refractivity contribution in [3.05, 3.63) is 62.1 Å². The Morgan fingerprint density at radius 2 is 2.21 bits per heavy atom. The summed E-state index contributed by atoms with van der Waals surface area (Å²) in [6, 6.07) is 4.62. The van der Waals surface area contributed by atoms with Crippen LogP contribution < -0.4 is 5.32 Å². The molecular formula is C12H9FN2O3S. The van der Waals surface area contributed by atoms with E-state index < -0.39 is 22.3 Å². The number of nitro benzene ring substituents is 1. The highest BCUT2D eigenvalue weighted by Gasteiger charge is 2.20. The Morgan fingerprint density at radius 1 is 1.42 bits per heavy atom. The first-order valence-electron chi connectivity index (χ1n) is 5.31. The van der Waals surface area contributed by atoms with Gasteiger partial charge in [0, 0.05) is 12.6 Å². The largest absolute Gasteiger partial charge is 0.348 e. The van der Waals surface area contributed by atoms with E-state index in [-0.39, 0.29) is 12.1 Å². The monoisotopic (exact) mass is 280 g/mol. The van der Waals surface area contributed by atoms with E-state index in [4.69, 9.17) is 0 Å². The summed E-state index contributed by atoms with van der Waals surface area (Å²) in [7, 11) is 0. The van der Waals surface area contributed by atoms with Crippen LogP contribution in [0, 0.1) is 15.9 Å². The maximum atomic E-state index is 13.1. The molecule has 19 heavy (non-hydrogen) atoms. The zero-order valence-electron chi connectivity index (χ0n) is 9.63. The lowest BCUT2D eigenvalue weighted by Gasteiger charge is -2.05. The molecule has 1 heterocycles. The van der Waals surface area contributed by atoms with E-state index in [0.29, 0.717) is 0 Å². The topological polar surface area (TPSA) is 72.2 Å². The SMILES string of the molecule is O=C(NCc1ccsc1)c1cc(F)ccc1[N+](=O)[O-]. The molecule has 0 bridgehead atoms. The number of carbonyl (C=O) groups excluding carboxylic acids is 1. The number of nitrogens with one attached hydrogen (secondary N) is 1. The highest BCUT2D eigenvalue weighted by Crippen LogP contribution is 2.19. The van der Waals surface area contributed by atoms with E-state index >= 15 is 0 Å². The minimum absolute atomic E-state index is 0.246. The first-order valence-corrected chi connectivity index (χ1v) is 6.25. The zero-order valence-corrected chi connectivity index (χ0v) is 10.4. The molecule has 1 N–H and O–H groups in total. The smallest absolute Gasteiger partial charge is 0.282 e. The van der Waals surface area contributed by atoms with Crippen LogP contribution in [0.5, 0.6) is 0 Å². The van der Waals surface area contributed by atoms with Gasteiger partial charge in [-0.3, -0.25) is 14.9 Å². The first-order chi connectivity index (χ1) is 9.08. The number of nitrogens with zero attached hydrogens (tertiary/aromatic N) is 1. The van der Waals surface area contributed by atoms with Gasteiger partial charge in [0.1, 0.15) is 11.4 Å². The number of thiophene rings is 1. The second kappa shape index (κ2) is 5.57. The summed E-state index contributed by atoms with van der Waals surface area (Å²) in [5, 5.41) is 17.0. The van der Waals surface area contributed by atoms with E-state index in [1.807, 2.05) is 16.8 Å². The summed E-state index contributed by atoms with van der Waals surface area (Å²) in [6.07, 6.45) is 0. The molecule has 0 spiro atoms. The average Bonchev–Trinajstić information content (AvgIpc) is 2.88. The van der Waals surface area contributed by atoms with Gasteiger partial charge in [0.05, 0.1) is 4.92 Å². The third kappa shape index (κ3) is 3.14. The van der Waals surface area contributed by atoms with Crippen molar-refractivity contribution in [3.8, 4) is 0 Å². The van der Waals surface area contributed by atoms with Crippen molar-refractivity contribution in [1.82, 2.24) is 5.32 Å². The molecule has 1 amide bonds. The zero-order chi connectivity index (χ0) is 13.8. The summed E-state index contributed by atoms with van der Waals surface area (Å²) in [5.74, 6) is -1.36. The summed E-state index contributed by atoms with van der Waals surface area (Å²) in [5.41, 5.74) is 0.196. The van der Waals surface area contributed by atoms with Crippen molar-refractivity contribution in [3.63, 3.8) is 0 Å². The summed E-state index contributed by atoms with van der Waals surface area (Å²) < 4.78 is 13.1. The third-order valence-corrected chi connectivity index (χ3v) is 3.17. The summed E-state index contributed by atoms with van der Waals surface area (Å²) >= 11 is 1.48. The lowest BCUT2D eigenvalue weighted by molar-refractivity contribution is -0.385. The molecule has 1 aromatic carbocycles. The normalized spacial score (nSPS) is 10.2. The lowest BCUT2D eigenvalue weighted by atomic mass is 10.1. The summed E-state index contributed by atoms with van der Waals surface area (Å²) in [6.45, 7) is 0.246. The minimum Gasteiger partial charge on any atom is -0.348 e. The molecule has 0 saturated heterocycles. The molecule has 0 radical (unpaired) electrons. The van der Waals surface area contributed by atoms with E-state index in [0.717, 1.165) is 23.8 Å². The molecule has 0 fully saturated rings. The Balaban J connectivity index is 2.18. The number of rotatable bonds is 4. The molecule has 0 aliphatic rings.